The number of nitrogens with two attached hydrogens (primary N) is 1. The highest BCUT2D eigenvalue weighted by atomic mass is 32.2. The summed E-state index contributed by atoms with van der Waals surface area (Å²) in [6.45, 7) is 7.29. The van der Waals surface area contributed by atoms with E-state index in [0.717, 1.165) is 16.7 Å². The Labute approximate surface area is 126 Å². The Morgan fingerprint density at radius 2 is 1.38 bits per heavy atom. The molecule has 0 aliphatic heterocycles. The summed E-state index contributed by atoms with van der Waals surface area (Å²) in [6.07, 6.45) is 0. The van der Waals surface area contributed by atoms with Crippen molar-refractivity contribution in [1.29, 1.82) is 0 Å². The normalized spacial score (nSPS) is 11.4. The molecule has 0 aliphatic carbocycles. The summed E-state index contributed by atoms with van der Waals surface area (Å²) in [5, 5.41) is 0. The first-order valence-electron chi connectivity index (χ1n) is 6.68. The van der Waals surface area contributed by atoms with E-state index in [0.29, 0.717) is 16.9 Å². The van der Waals surface area contributed by atoms with Gasteiger partial charge in [0.15, 0.2) is 0 Å². The number of anilines is 2. The highest BCUT2D eigenvalue weighted by Gasteiger charge is 2.22. The molecule has 0 spiro atoms. The van der Waals surface area contributed by atoms with Crippen molar-refractivity contribution in [1.82, 2.24) is 0 Å². The summed E-state index contributed by atoms with van der Waals surface area (Å²) >= 11 is 0. The Bertz CT molecular complexity index is 776. The molecule has 3 N–H and O–H groups in total. The van der Waals surface area contributed by atoms with Crippen molar-refractivity contribution in [2.24, 2.45) is 0 Å². The van der Waals surface area contributed by atoms with Crippen molar-refractivity contribution in [3.8, 4) is 0 Å². The van der Waals surface area contributed by atoms with E-state index in [9.17, 15) is 8.42 Å². The topological polar surface area (TPSA) is 72.2 Å². The number of hydrogen-bond donors (Lipinski definition) is 2. The highest BCUT2D eigenvalue weighted by Crippen LogP contribution is 2.29. The van der Waals surface area contributed by atoms with Crippen LogP contribution < -0.4 is 10.5 Å². The van der Waals surface area contributed by atoms with Gasteiger partial charge >= 0.3 is 0 Å². The van der Waals surface area contributed by atoms with Gasteiger partial charge in [-0.25, -0.2) is 8.42 Å². The maximum Gasteiger partial charge on any atom is 0.264 e. The fourth-order valence-corrected chi connectivity index (χ4v) is 3.96. The summed E-state index contributed by atoms with van der Waals surface area (Å²) in [7, 11) is -3.72. The second-order valence-corrected chi connectivity index (χ2v) is 6.93. The predicted molar refractivity (Wildman–Crippen MR) is 87.1 cm³/mol. The van der Waals surface area contributed by atoms with E-state index < -0.39 is 10.0 Å². The van der Waals surface area contributed by atoms with Crippen molar-refractivity contribution in [3.05, 3.63) is 52.6 Å². The lowest BCUT2D eigenvalue weighted by Crippen LogP contribution is -2.18. The molecule has 0 heterocycles. The Morgan fingerprint density at radius 3 is 1.95 bits per heavy atom. The standard InChI is InChI=1S/C16H20N2O2S/c1-10-8-9-13(4)16(14(10)17)21(19,20)18-15-11(2)6-5-7-12(15)3/h5-9,18H,17H2,1-4H3. The van der Waals surface area contributed by atoms with E-state index >= 15 is 0 Å². The zero-order valence-corrected chi connectivity index (χ0v) is 13.5. The molecule has 0 fully saturated rings. The number of nitrogens with one attached hydrogen (secondary N) is 1. The minimum Gasteiger partial charge on any atom is -0.397 e. The van der Waals surface area contributed by atoms with Crippen molar-refractivity contribution in [3.63, 3.8) is 0 Å². The van der Waals surface area contributed by atoms with Gasteiger partial charge in [0.05, 0.1) is 11.4 Å². The van der Waals surface area contributed by atoms with Crippen LogP contribution in [0.2, 0.25) is 0 Å². The molecule has 2 rings (SSSR count). The van der Waals surface area contributed by atoms with Crippen LogP contribution in [0.3, 0.4) is 0 Å². The van der Waals surface area contributed by atoms with Crippen molar-refractivity contribution in [2.75, 3.05) is 10.5 Å². The van der Waals surface area contributed by atoms with Gasteiger partial charge in [-0.3, -0.25) is 4.72 Å². The van der Waals surface area contributed by atoms with Gasteiger partial charge in [0.2, 0.25) is 0 Å². The van der Waals surface area contributed by atoms with Gasteiger partial charge in [0.1, 0.15) is 4.90 Å². The Morgan fingerprint density at radius 1 is 0.857 bits per heavy atom. The number of rotatable bonds is 3. The lowest BCUT2D eigenvalue weighted by molar-refractivity contribution is 0.601. The molecule has 0 aromatic heterocycles. The number of benzene rings is 2. The summed E-state index contributed by atoms with van der Waals surface area (Å²) in [4.78, 5) is 0.158. The first-order valence-corrected chi connectivity index (χ1v) is 8.17. The van der Waals surface area contributed by atoms with E-state index in [1.54, 1.807) is 19.9 Å². The van der Waals surface area contributed by atoms with Crippen LogP contribution in [-0.4, -0.2) is 8.42 Å². The number of aryl methyl sites for hydroxylation is 4. The van der Waals surface area contributed by atoms with Crippen molar-refractivity contribution in [2.45, 2.75) is 32.6 Å². The van der Waals surface area contributed by atoms with Gasteiger partial charge in [-0.2, -0.15) is 0 Å². The fourth-order valence-electron chi connectivity index (χ4n) is 2.32. The quantitative estimate of drug-likeness (QED) is 0.855. The molecule has 0 saturated carbocycles. The predicted octanol–water partition coefficient (Wildman–Crippen LogP) is 3.30. The third-order valence-electron chi connectivity index (χ3n) is 3.60. The smallest absolute Gasteiger partial charge is 0.264 e. The van der Waals surface area contributed by atoms with Crippen LogP contribution in [-0.2, 0) is 10.0 Å². The molecule has 2 aromatic rings. The molecular weight excluding hydrogens is 284 g/mol. The highest BCUT2D eigenvalue weighted by molar-refractivity contribution is 7.93. The second kappa shape index (κ2) is 5.41. The molecule has 0 bridgehead atoms. The SMILES string of the molecule is Cc1ccc(C)c(S(=O)(=O)Nc2c(C)cccc2C)c1N. The Hall–Kier alpha value is -2.01. The van der Waals surface area contributed by atoms with Crippen LogP contribution in [0.15, 0.2) is 35.2 Å². The molecule has 0 amide bonds. The third kappa shape index (κ3) is 2.88. The second-order valence-electron chi connectivity index (χ2n) is 5.31. The summed E-state index contributed by atoms with van der Waals surface area (Å²) < 4.78 is 28.1. The van der Waals surface area contributed by atoms with Gasteiger partial charge in [-0.1, -0.05) is 30.3 Å². The number of para-hydroxylation sites is 1. The first-order chi connectivity index (χ1) is 9.74. The number of hydrogen-bond acceptors (Lipinski definition) is 3. The molecule has 0 aliphatic rings. The molecule has 0 radical (unpaired) electrons. The molecule has 0 atom stereocenters. The Kier molecular flexibility index (Phi) is 3.96. The van der Waals surface area contributed by atoms with Crippen LogP contribution in [0, 0.1) is 27.7 Å². The van der Waals surface area contributed by atoms with Crippen LogP contribution in [0.25, 0.3) is 0 Å². The molecule has 0 unspecified atom stereocenters. The first kappa shape index (κ1) is 15.4. The van der Waals surface area contributed by atoms with E-state index in [2.05, 4.69) is 4.72 Å². The van der Waals surface area contributed by atoms with Crippen LogP contribution in [0.4, 0.5) is 11.4 Å². The van der Waals surface area contributed by atoms with Crippen LogP contribution >= 0.6 is 0 Å². The molecule has 5 heteroatoms. The van der Waals surface area contributed by atoms with Crippen LogP contribution in [0.5, 0.6) is 0 Å². The van der Waals surface area contributed by atoms with Crippen molar-refractivity contribution < 1.29 is 8.42 Å². The summed E-state index contributed by atoms with van der Waals surface area (Å²) in [6, 6.07) is 9.23. The molecule has 112 valence electrons. The molecule has 4 nitrogen and oxygen atoms in total. The third-order valence-corrected chi connectivity index (χ3v) is 5.15. The maximum absolute atomic E-state index is 12.7. The largest absolute Gasteiger partial charge is 0.397 e. The lowest BCUT2D eigenvalue weighted by Gasteiger charge is -2.16. The fraction of sp³-hybridized carbons (Fsp3) is 0.250. The van der Waals surface area contributed by atoms with E-state index in [1.807, 2.05) is 38.1 Å². The van der Waals surface area contributed by atoms with E-state index in [4.69, 9.17) is 5.73 Å². The maximum atomic E-state index is 12.7. The number of sulfonamides is 1. The zero-order chi connectivity index (χ0) is 15.8. The average molecular weight is 304 g/mol. The van der Waals surface area contributed by atoms with E-state index in [1.165, 1.54) is 0 Å². The Balaban J connectivity index is 2.57. The summed E-state index contributed by atoms with van der Waals surface area (Å²) in [5.74, 6) is 0. The lowest BCUT2D eigenvalue weighted by atomic mass is 10.1. The van der Waals surface area contributed by atoms with Gasteiger partial charge < -0.3 is 5.73 Å². The van der Waals surface area contributed by atoms with Gasteiger partial charge in [0, 0.05) is 0 Å². The van der Waals surface area contributed by atoms with E-state index in [-0.39, 0.29) is 4.90 Å². The minimum atomic E-state index is -3.72. The molecular formula is C16H20N2O2S. The molecule has 2 aromatic carbocycles. The van der Waals surface area contributed by atoms with Gasteiger partial charge in [0.25, 0.3) is 10.0 Å². The minimum absolute atomic E-state index is 0.158. The monoisotopic (exact) mass is 304 g/mol. The summed E-state index contributed by atoms with van der Waals surface area (Å²) in [5.41, 5.74) is 10.0. The van der Waals surface area contributed by atoms with Gasteiger partial charge in [-0.15, -0.1) is 0 Å². The van der Waals surface area contributed by atoms with Gasteiger partial charge in [-0.05, 0) is 49.9 Å². The zero-order valence-electron chi connectivity index (χ0n) is 12.7. The number of nitrogen functional groups attached to an aromatic ring is 1. The van der Waals surface area contributed by atoms with Crippen molar-refractivity contribution >= 4 is 21.4 Å². The molecule has 0 saturated heterocycles. The van der Waals surface area contributed by atoms with Crippen LogP contribution in [0.1, 0.15) is 22.3 Å². The molecule has 21 heavy (non-hydrogen) atoms. The average Bonchev–Trinajstić information content (AvgIpc) is 2.39.